The Hall–Kier alpha value is -2.18. The van der Waals surface area contributed by atoms with E-state index in [0.717, 1.165) is 0 Å². The molecule has 1 aromatic heterocycles. The van der Waals surface area contributed by atoms with Crippen molar-refractivity contribution in [3.63, 3.8) is 0 Å². The van der Waals surface area contributed by atoms with Gasteiger partial charge in [-0.05, 0) is 0 Å². The number of nitriles is 1. The number of aromatic nitrogens is 1. The maximum atomic E-state index is 12.6. The first-order valence-corrected chi connectivity index (χ1v) is 4.54. The van der Waals surface area contributed by atoms with Crippen molar-refractivity contribution in [3.05, 3.63) is 17.3 Å². The number of alkyl halides is 6. The van der Waals surface area contributed by atoms with Gasteiger partial charge in [0.15, 0.2) is 0 Å². The van der Waals surface area contributed by atoms with Crippen LogP contribution in [-0.2, 0) is 12.6 Å². The second-order valence-electron chi connectivity index (χ2n) is 3.25. The number of rotatable bonds is 2. The normalized spacial score (nSPS) is 12.1. The second-order valence-corrected chi connectivity index (χ2v) is 3.25. The molecule has 0 saturated heterocycles. The monoisotopic (exact) mass is 285 g/mol. The molecule has 0 fully saturated rings. The summed E-state index contributed by atoms with van der Waals surface area (Å²) in [5.74, 6) is -1.15. The largest absolute Gasteiger partial charge is 0.574 e. The molecule has 0 saturated carbocycles. The summed E-state index contributed by atoms with van der Waals surface area (Å²) < 4.78 is 77.0. The molecule has 0 spiro atoms. The predicted octanol–water partition coefficient (Wildman–Crippen LogP) is 2.65. The van der Waals surface area contributed by atoms with Crippen LogP contribution < -0.4 is 10.5 Å². The zero-order chi connectivity index (χ0) is 14.8. The van der Waals surface area contributed by atoms with Crippen LogP contribution in [0.1, 0.15) is 11.3 Å². The van der Waals surface area contributed by atoms with E-state index in [1.165, 1.54) is 6.07 Å². The van der Waals surface area contributed by atoms with Crippen LogP contribution in [0.3, 0.4) is 0 Å². The first-order chi connectivity index (χ1) is 8.54. The van der Waals surface area contributed by atoms with Crippen molar-refractivity contribution in [2.75, 3.05) is 5.73 Å². The van der Waals surface area contributed by atoms with Gasteiger partial charge in [-0.1, -0.05) is 0 Å². The second kappa shape index (κ2) is 4.83. The number of pyridine rings is 1. The number of hydrogen-bond donors (Lipinski definition) is 1. The quantitative estimate of drug-likeness (QED) is 0.848. The molecule has 0 radical (unpaired) electrons. The molecule has 0 unspecified atom stereocenters. The van der Waals surface area contributed by atoms with Gasteiger partial charge in [-0.2, -0.15) is 18.4 Å². The molecule has 0 amide bonds. The summed E-state index contributed by atoms with van der Waals surface area (Å²) >= 11 is 0. The van der Waals surface area contributed by atoms with Crippen LogP contribution in [-0.4, -0.2) is 11.3 Å². The van der Waals surface area contributed by atoms with Crippen molar-refractivity contribution in [1.82, 2.24) is 4.98 Å². The van der Waals surface area contributed by atoms with Crippen LogP contribution in [0, 0.1) is 11.3 Å². The fourth-order valence-corrected chi connectivity index (χ4v) is 1.29. The SMILES string of the molecule is N#CCc1nc(OC(F)(F)F)cc(N)c1C(F)(F)F. The van der Waals surface area contributed by atoms with Gasteiger partial charge in [0.25, 0.3) is 0 Å². The van der Waals surface area contributed by atoms with E-state index >= 15 is 0 Å². The van der Waals surface area contributed by atoms with E-state index in [9.17, 15) is 26.3 Å². The third-order valence-corrected chi connectivity index (χ3v) is 1.85. The minimum atomic E-state index is -5.12. The molecule has 104 valence electrons. The van der Waals surface area contributed by atoms with Gasteiger partial charge in [-0.3, -0.25) is 0 Å². The fraction of sp³-hybridized carbons (Fsp3) is 0.333. The highest BCUT2D eigenvalue weighted by molar-refractivity contribution is 5.53. The maximum Gasteiger partial charge on any atom is 0.574 e. The van der Waals surface area contributed by atoms with Gasteiger partial charge in [0.05, 0.1) is 23.9 Å². The Morgan fingerprint density at radius 3 is 2.26 bits per heavy atom. The van der Waals surface area contributed by atoms with Gasteiger partial charge in [0.2, 0.25) is 5.88 Å². The summed E-state index contributed by atoms with van der Waals surface area (Å²) in [6, 6.07) is 1.66. The summed E-state index contributed by atoms with van der Waals surface area (Å²) in [5.41, 5.74) is 1.68. The molecular weight excluding hydrogens is 280 g/mol. The number of ether oxygens (including phenoxy) is 1. The summed E-state index contributed by atoms with van der Waals surface area (Å²) in [4.78, 5) is 3.01. The summed E-state index contributed by atoms with van der Waals surface area (Å²) in [6.45, 7) is 0. The molecule has 1 heterocycles. The summed E-state index contributed by atoms with van der Waals surface area (Å²) in [5, 5.41) is 8.36. The third kappa shape index (κ3) is 3.90. The highest BCUT2D eigenvalue weighted by Crippen LogP contribution is 2.37. The highest BCUT2D eigenvalue weighted by atomic mass is 19.4. The molecule has 0 atom stereocenters. The van der Waals surface area contributed by atoms with Crippen molar-refractivity contribution in [2.45, 2.75) is 19.0 Å². The van der Waals surface area contributed by atoms with Crippen molar-refractivity contribution >= 4 is 5.69 Å². The molecular formula is C9H5F6N3O. The van der Waals surface area contributed by atoms with Gasteiger partial charge >= 0.3 is 12.5 Å². The van der Waals surface area contributed by atoms with Crippen molar-refractivity contribution < 1.29 is 31.1 Å². The zero-order valence-corrected chi connectivity index (χ0v) is 8.93. The van der Waals surface area contributed by atoms with E-state index in [1.54, 1.807) is 0 Å². The number of anilines is 1. The Morgan fingerprint density at radius 2 is 1.84 bits per heavy atom. The van der Waals surface area contributed by atoms with Gasteiger partial charge in [-0.25, -0.2) is 4.98 Å². The van der Waals surface area contributed by atoms with Crippen LogP contribution in [0.5, 0.6) is 5.88 Å². The fourth-order valence-electron chi connectivity index (χ4n) is 1.29. The average Bonchev–Trinajstić information content (AvgIpc) is 2.11. The molecule has 4 nitrogen and oxygen atoms in total. The Kier molecular flexibility index (Phi) is 3.78. The Morgan fingerprint density at radius 1 is 1.26 bits per heavy atom. The zero-order valence-electron chi connectivity index (χ0n) is 8.93. The van der Waals surface area contributed by atoms with Gasteiger partial charge in [-0.15, -0.1) is 13.2 Å². The Balaban J connectivity index is 3.34. The van der Waals surface area contributed by atoms with Crippen molar-refractivity contribution in [3.8, 4) is 11.9 Å². The molecule has 0 aliphatic heterocycles. The number of nitrogens with two attached hydrogens (primary N) is 1. The lowest BCUT2D eigenvalue weighted by Crippen LogP contribution is -2.20. The molecule has 0 aliphatic carbocycles. The van der Waals surface area contributed by atoms with E-state index in [0.29, 0.717) is 6.07 Å². The summed E-state index contributed by atoms with van der Waals surface area (Å²) in [7, 11) is 0. The first kappa shape index (κ1) is 14.9. The molecule has 0 aromatic carbocycles. The Bertz CT molecular complexity index is 516. The topological polar surface area (TPSA) is 71.9 Å². The smallest absolute Gasteiger partial charge is 0.398 e. The lowest BCUT2D eigenvalue weighted by Gasteiger charge is -2.15. The van der Waals surface area contributed by atoms with Gasteiger partial charge in [0, 0.05) is 6.07 Å². The van der Waals surface area contributed by atoms with Crippen LogP contribution >= 0.6 is 0 Å². The molecule has 1 aromatic rings. The standard InChI is InChI=1S/C9H5F6N3O/c10-8(11,12)7-4(17)3-6(19-9(13,14)15)18-5(7)1-2-16/h3H,1H2,(H2,17,18). The summed E-state index contributed by atoms with van der Waals surface area (Å²) in [6.07, 6.45) is -10.9. The molecule has 2 N–H and O–H groups in total. The number of nitrogen functional groups attached to an aromatic ring is 1. The van der Waals surface area contributed by atoms with Crippen molar-refractivity contribution in [1.29, 1.82) is 5.26 Å². The first-order valence-electron chi connectivity index (χ1n) is 4.54. The van der Waals surface area contributed by atoms with Crippen LogP contribution in [0.2, 0.25) is 0 Å². The van der Waals surface area contributed by atoms with E-state index < -0.39 is 41.8 Å². The maximum absolute atomic E-state index is 12.6. The van der Waals surface area contributed by atoms with E-state index in [4.69, 9.17) is 11.0 Å². The van der Waals surface area contributed by atoms with Gasteiger partial charge < -0.3 is 10.5 Å². The average molecular weight is 285 g/mol. The molecule has 1 rings (SSSR count). The minimum absolute atomic E-state index is 0.303. The minimum Gasteiger partial charge on any atom is -0.398 e. The number of halogens is 6. The molecule has 0 aliphatic rings. The third-order valence-electron chi connectivity index (χ3n) is 1.85. The molecule has 0 bridgehead atoms. The van der Waals surface area contributed by atoms with E-state index in [2.05, 4.69) is 9.72 Å². The van der Waals surface area contributed by atoms with Crippen LogP contribution in [0.15, 0.2) is 6.07 Å². The van der Waals surface area contributed by atoms with E-state index in [-0.39, 0.29) is 0 Å². The lowest BCUT2D eigenvalue weighted by atomic mass is 10.1. The van der Waals surface area contributed by atoms with Crippen molar-refractivity contribution in [2.24, 2.45) is 0 Å². The Labute approximate surface area is 102 Å². The predicted molar refractivity (Wildman–Crippen MR) is 49.7 cm³/mol. The van der Waals surface area contributed by atoms with Crippen LogP contribution in [0.25, 0.3) is 0 Å². The lowest BCUT2D eigenvalue weighted by molar-refractivity contribution is -0.276. The molecule has 19 heavy (non-hydrogen) atoms. The number of nitrogens with zero attached hydrogens (tertiary/aromatic N) is 2. The van der Waals surface area contributed by atoms with E-state index in [1.807, 2.05) is 0 Å². The van der Waals surface area contributed by atoms with Gasteiger partial charge in [0.1, 0.15) is 5.56 Å². The molecule has 10 heteroatoms. The highest BCUT2D eigenvalue weighted by Gasteiger charge is 2.38. The van der Waals surface area contributed by atoms with Crippen LogP contribution in [0.4, 0.5) is 32.0 Å². The number of hydrogen-bond acceptors (Lipinski definition) is 4.